The minimum absolute atomic E-state index is 0.324. The molecule has 0 heterocycles. The molecule has 0 aliphatic carbocycles. The fourth-order valence-corrected chi connectivity index (χ4v) is 1.71. The van der Waals surface area contributed by atoms with E-state index in [1.807, 2.05) is 11.8 Å². The Bertz CT molecular complexity index is 101. The number of aliphatic hydroxyl groups is 1. The topological polar surface area (TPSA) is 32.3 Å². The molecule has 0 fully saturated rings. The van der Waals surface area contributed by atoms with Gasteiger partial charge in [-0.2, -0.15) is 11.8 Å². The van der Waals surface area contributed by atoms with Gasteiger partial charge >= 0.3 is 0 Å². The Morgan fingerprint density at radius 1 is 1.46 bits per heavy atom. The summed E-state index contributed by atoms with van der Waals surface area (Å²) >= 11 is 1.90. The molecule has 13 heavy (non-hydrogen) atoms. The molecular weight excluding hydrogens is 182 g/mol. The summed E-state index contributed by atoms with van der Waals surface area (Å²) in [5.41, 5.74) is 0. The second-order valence-electron chi connectivity index (χ2n) is 3.34. The second kappa shape index (κ2) is 10.4. The van der Waals surface area contributed by atoms with Crippen LogP contribution in [-0.4, -0.2) is 36.8 Å². The van der Waals surface area contributed by atoms with E-state index in [-0.39, 0.29) is 0 Å². The van der Waals surface area contributed by atoms with Crippen LogP contribution < -0.4 is 5.32 Å². The fraction of sp³-hybridized carbons (Fsp3) is 1.00. The van der Waals surface area contributed by atoms with Crippen LogP contribution in [0.1, 0.15) is 26.2 Å². The molecule has 0 amide bonds. The van der Waals surface area contributed by atoms with Crippen LogP contribution in [0.15, 0.2) is 0 Å². The van der Waals surface area contributed by atoms with Crippen LogP contribution in [0.25, 0.3) is 0 Å². The molecule has 1 atom stereocenters. The first-order chi connectivity index (χ1) is 6.35. The zero-order valence-corrected chi connectivity index (χ0v) is 9.70. The molecule has 0 bridgehead atoms. The zero-order chi connectivity index (χ0) is 9.94. The van der Waals surface area contributed by atoms with Crippen molar-refractivity contribution in [3.63, 3.8) is 0 Å². The minimum atomic E-state index is 0.324. The van der Waals surface area contributed by atoms with E-state index in [1.165, 1.54) is 12.2 Å². The van der Waals surface area contributed by atoms with Crippen molar-refractivity contribution in [3.05, 3.63) is 0 Å². The van der Waals surface area contributed by atoms with E-state index < -0.39 is 0 Å². The Morgan fingerprint density at radius 3 is 2.77 bits per heavy atom. The molecule has 0 spiro atoms. The van der Waals surface area contributed by atoms with Gasteiger partial charge in [0.25, 0.3) is 0 Å². The molecule has 0 aromatic carbocycles. The molecule has 0 saturated carbocycles. The van der Waals surface area contributed by atoms with Crippen molar-refractivity contribution in [2.75, 3.05) is 31.7 Å². The molecule has 80 valence electrons. The van der Waals surface area contributed by atoms with E-state index in [4.69, 9.17) is 5.11 Å². The van der Waals surface area contributed by atoms with Crippen LogP contribution in [0.4, 0.5) is 0 Å². The lowest BCUT2D eigenvalue weighted by atomic mass is 10.0. The maximum absolute atomic E-state index is 8.78. The molecule has 0 saturated heterocycles. The van der Waals surface area contributed by atoms with Crippen LogP contribution in [0.5, 0.6) is 0 Å². The number of aliphatic hydroxyl groups excluding tert-OH is 1. The highest BCUT2D eigenvalue weighted by molar-refractivity contribution is 7.98. The summed E-state index contributed by atoms with van der Waals surface area (Å²) in [6.07, 6.45) is 5.49. The third-order valence-electron chi connectivity index (χ3n) is 2.25. The lowest BCUT2D eigenvalue weighted by molar-refractivity contribution is 0.251. The van der Waals surface area contributed by atoms with Gasteiger partial charge in [0, 0.05) is 6.61 Å². The number of rotatable bonds is 9. The maximum Gasteiger partial charge on any atom is 0.0434 e. The third kappa shape index (κ3) is 8.60. The number of thioether (sulfide) groups is 1. The zero-order valence-electron chi connectivity index (χ0n) is 8.88. The normalized spacial score (nSPS) is 13.2. The van der Waals surface area contributed by atoms with E-state index in [2.05, 4.69) is 18.5 Å². The molecule has 0 aliphatic heterocycles. The molecule has 2 nitrogen and oxygen atoms in total. The van der Waals surface area contributed by atoms with E-state index >= 15 is 0 Å². The van der Waals surface area contributed by atoms with Crippen LogP contribution in [0.2, 0.25) is 0 Å². The lowest BCUT2D eigenvalue weighted by Gasteiger charge is -2.13. The van der Waals surface area contributed by atoms with Gasteiger partial charge in [-0.1, -0.05) is 13.3 Å². The molecule has 1 unspecified atom stereocenters. The van der Waals surface area contributed by atoms with Crippen LogP contribution in [-0.2, 0) is 0 Å². The molecular formula is C10H23NOS. The Labute approximate surface area is 86.5 Å². The quantitative estimate of drug-likeness (QED) is 0.562. The van der Waals surface area contributed by atoms with Gasteiger partial charge in [-0.15, -0.1) is 0 Å². The monoisotopic (exact) mass is 205 g/mol. The van der Waals surface area contributed by atoms with Crippen molar-refractivity contribution in [3.8, 4) is 0 Å². The lowest BCUT2D eigenvalue weighted by Crippen LogP contribution is -2.24. The summed E-state index contributed by atoms with van der Waals surface area (Å²) in [5.74, 6) is 1.89. The van der Waals surface area contributed by atoms with Crippen molar-refractivity contribution in [2.24, 2.45) is 5.92 Å². The minimum Gasteiger partial charge on any atom is -0.396 e. The Morgan fingerprint density at radius 2 is 2.23 bits per heavy atom. The summed E-state index contributed by atoms with van der Waals surface area (Å²) in [4.78, 5) is 0. The average molecular weight is 205 g/mol. The summed E-state index contributed by atoms with van der Waals surface area (Å²) in [6, 6.07) is 0. The van der Waals surface area contributed by atoms with Crippen molar-refractivity contribution in [1.29, 1.82) is 0 Å². The van der Waals surface area contributed by atoms with E-state index in [0.717, 1.165) is 25.9 Å². The number of hydrogen-bond donors (Lipinski definition) is 2. The Kier molecular flexibility index (Phi) is 10.6. The Balaban J connectivity index is 3.17. The van der Waals surface area contributed by atoms with Gasteiger partial charge in [0.1, 0.15) is 0 Å². The average Bonchev–Trinajstić information content (AvgIpc) is 2.16. The largest absolute Gasteiger partial charge is 0.396 e. The van der Waals surface area contributed by atoms with E-state index in [9.17, 15) is 0 Å². The summed E-state index contributed by atoms with van der Waals surface area (Å²) < 4.78 is 0. The van der Waals surface area contributed by atoms with Gasteiger partial charge < -0.3 is 10.4 Å². The predicted molar refractivity (Wildman–Crippen MR) is 61.4 cm³/mol. The fourth-order valence-electron chi connectivity index (χ4n) is 1.28. The van der Waals surface area contributed by atoms with E-state index in [0.29, 0.717) is 12.5 Å². The molecule has 0 aliphatic rings. The predicted octanol–water partition coefficient (Wildman–Crippen LogP) is 1.74. The first kappa shape index (κ1) is 13.3. The van der Waals surface area contributed by atoms with Crippen LogP contribution in [0.3, 0.4) is 0 Å². The maximum atomic E-state index is 8.78. The Hall–Kier alpha value is 0.270. The summed E-state index contributed by atoms with van der Waals surface area (Å²) in [6.45, 7) is 4.68. The summed E-state index contributed by atoms with van der Waals surface area (Å²) in [7, 11) is 0. The van der Waals surface area contributed by atoms with Gasteiger partial charge in [-0.05, 0) is 43.9 Å². The number of nitrogens with one attached hydrogen (secondary N) is 1. The molecule has 2 N–H and O–H groups in total. The van der Waals surface area contributed by atoms with Gasteiger partial charge in [0.05, 0.1) is 0 Å². The molecule has 3 heteroatoms. The highest BCUT2D eigenvalue weighted by Crippen LogP contribution is 2.05. The van der Waals surface area contributed by atoms with Crippen LogP contribution in [0, 0.1) is 5.92 Å². The highest BCUT2D eigenvalue weighted by Gasteiger charge is 2.03. The molecule has 0 radical (unpaired) electrons. The van der Waals surface area contributed by atoms with Gasteiger partial charge in [0.2, 0.25) is 0 Å². The van der Waals surface area contributed by atoms with Crippen molar-refractivity contribution in [1.82, 2.24) is 5.32 Å². The van der Waals surface area contributed by atoms with Crippen molar-refractivity contribution < 1.29 is 5.11 Å². The van der Waals surface area contributed by atoms with Crippen LogP contribution >= 0.6 is 11.8 Å². The SMILES string of the molecule is CCC(CCO)CNCCCSC. The van der Waals surface area contributed by atoms with Crippen molar-refractivity contribution in [2.45, 2.75) is 26.2 Å². The van der Waals surface area contributed by atoms with Gasteiger partial charge in [-0.3, -0.25) is 0 Å². The van der Waals surface area contributed by atoms with Gasteiger partial charge in [0.15, 0.2) is 0 Å². The second-order valence-corrected chi connectivity index (χ2v) is 4.32. The molecule has 0 aromatic rings. The highest BCUT2D eigenvalue weighted by atomic mass is 32.2. The number of hydrogen-bond acceptors (Lipinski definition) is 3. The molecule has 0 aromatic heterocycles. The van der Waals surface area contributed by atoms with E-state index in [1.54, 1.807) is 0 Å². The third-order valence-corrected chi connectivity index (χ3v) is 2.95. The van der Waals surface area contributed by atoms with Gasteiger partial charge in [-0.25, -0.2) is 0 Å². The first-order valence-electron chi connectivity index (χ1n) is 5.15. The molecule has 0 rings (SSSR count). The summed E-state index contributed by atoms with van der Waals surface area (Å²) in [5, 5.41) is 12.2. The standard InChI is InChI=1S/C10H23NOS/c1-3-10(5-7-12)9-11-6-4-8-13-2/h10-12H,3-9H2,1-2H3. The smallest absolute Gasteiger partial charge is 0.0434 e. The first-order valence-corrected chi connectivity index (χ1v) is 6.55. The van der Waals surface area contributed by atoms with Crippen molar-refractivity contribution >= 4 is 11.8 Å².